The van der Waals surface area contributed by atoms with Crippen LogP contribution in [0, 0.1) is 0 Å². The van der Waals surface area contributed by atoms with E-state index in [-0.39, 0.29) is 0 Å². The van der Waals surface area contributed by atoms with Crippen molar-refractivity contribution in [1.29, 1.82) is 0 Å². The Morgan fingerprint density at radius 3 is 0.839 bits per heavy atom. The zero-order chi connectivity index (χ0) is 21.8. The van der Waals surface area contributed by atoms with Crippen LogP contribution in [0.3, 0.4) is 0 Å². The summed E-state index contributed by atoms with van der Waals surface area (Å²) in [5.74, 6) is 0. The number of nitrogens with zero attached hydrogens (tertiary/aromatic N) is 2. The van der Waals surface area contributed by atoms with Crippen LogP contribution in [0.5, 0.6) is 0 Å². The van der Waals surface area contributed by atoms with E-state index in [1.54, 1.807) is 0 Å². The summed E-state index contributed by atoms with van der Waals surface area (Å²) in [5.41, 5.74) is 5.20. The van der Waals surface area contributed by atoms with Gasteiger partial charge in [0, 0.05) is 57.7 Å². The highest BCUT2D eigenvalue weighted by Gasteiger charge is 2.06. The second-order valence-electron chi connectivity index (χ2n) is 7.89. The Hall–Kier alpha value is -3.52. The summed E-state index contributed by atoms with van der Waals surface area (Å²) in [6.45, 7) is 4.25. The van der Waals surface area contributed by atoms with E-state index < -0.39 is 0 Å². The minimum Gasteiger partial charge on any atom is -0.344 e. The van der Waals surface area contributed by atoms with E-state index in [0.717, 1.165) is 0 Å². The van der Waals surface area contributed by atoms with Gasteiger partial charge in [-0.3, -0.25) is 0 Å². The number of rotatable bonds is 0. The first-order chi connectivity index (χ1) is 15.2. The van der Waals surface area contributed by atoms with Gasteiger partial charge in [0.25, 0.3) is 0 Å². The average molecular weight is 407 g/mol. The van der Waals surface area contributed by atoms with Crippen LogP contribution in [-0.2, 0) is 14.1 Å². The lowest BCUT2D eigenvalue weighted by Gasteiger charge is -1.95. The van der Waals surface area contributed by atoms with Gasteiger partial charge in [0.1, 0.15) is 0 Å². The second-order valence-corrected chi connectivity index (χ2v) is 7.89. The molecule has 0 spiro atoms. The summed E-state index contributed by atoms with van der Waals surface area (Å²) in [5, 5.41) is 5.35. The van der Waals surface area contributed by atoms with Crippen molar-refractivity contribution in [3.63, 3.8) is 0 Å². The van der Waals surface area contributed by atoms with Crippen molar-refractivity contribution in [3.05, 3.63) is 97.1 Å². The van der Waals surface area contributed by atoms with Gasteiger partial charge >= 0.3 is 0 Å². The Morgan fingerprint density at radius 2 is 0.613 bits per heavy atom. The minimum absolute atomic E-state index is 1.25. The number of para-hydroxylation sites is 4. The number of benzene rings is 4. The molecule has 156 valence electrons. The van der Waals surface area contributed by atoms with Gasteiger partial charge in [-0.2, -0.15) is 0 Å². The highest BCUT2D eigenvalue weighted by Crippen LogP contribution is 2.28. The van der Waals surface area contributed by atoms with Gasteiger partial charge in [0.05, 0.1) is 0 Å². The Kier molecular flexibility index (Phi) is 6.08. The monoisotopic (exact) mass is 406 g/mol. The molecule has 2 nitrogen and oxygen atoms in total. The molecule has 0 aliphatic carbocycles. The summed E-state index contributed by atoms with van der Waals surface area (Å²) in [6, 6.07) is 34.1. The van der Waals surface area contributed by atoms with Gasteiger partial charge in [0.2, 0.25) is 0 Å². The first-order valence-corrected chi connectivity index (χ1v) is 11.0. The summed E-state index contributed by atoms with van der Waals surface area (Å²) < 4.78 is 4.48. The number of fused-ring (bicyclic) bond motifs is 6. The molecule has 2 heteroatoms. The lowest BCUT2D eigenvalue weighted by molar-refractivity contribution is 1.01. The molecule has 0 fully saturated rings. The van der Waals surface area contributed by atoms with Crippen molar-refractivity contribution in [1.82, 2.24) is 9.13 Å². The fourth-order valence-electron chi connectivity index (χ4n) is 4.24. The molecule has 0 N–H and O–H groups in total. The molecule has 2 aromatic heterocycles. The Balaban J connectivity index is 0.000000133. The van der Waals surface area contributed by atoms with Crippen molar-refractivity contribution in [2.45, 2.75) is 20.3 Å². The van der Waals surface area contributed by atoms with E-state index >= 15 is 0 Å². The molecule has 0 aliphatic rings. The van der Waals surface area contributed by atoms with Crippen molar-refractivity contribution >= 4 is 43.6 Å². The molecule has 6 rings (SSSR count). The molecule has 31 heavy (non-hydrogen) atoms. The van der Waals surface area contributed by atoms with Crippen LogP contribution in [0.25, 0.3) is 43.6 Å². The minimum atomic E-state index is 1.25. The standard InChI is InChI=1S/2C13H11N.C3H8/c2*1-14-12-8-4-2-6-10(12)11-7-3-5-9-13(11)14;1-3-2/h2*2-9H,1H3;3H2,1-2H3. The lowest BCUT2D eigenvalue weighted by atomic mass is 10.2. The fraction of sp³-hybridized carbons (Fsp3) is 0.172. The number of aromatic nitrogens is 2. The molecule has 6 aromatic rings. The smallest absolute Gasteiger partial charge is 0.0488 e. The van der Waals surface area contributed by atoms with Crippen LogP contribution in [0.4, 0.5) is 0 Å². The van der Waals surface area contributed by atoms with Crippen LogP contribution >= 0.6 is 0 Å². The van der Waals surface area contributed by atoms with Gasteiger partial charge < -0.3 is 9.13 Å². The van der Waals surface area contributed by atoms with Crippen LogP contribution in [0.1, 0.15) is 20.3 Å². The van der Waals surface area contributed by atoms with Crippen LogP contribution in [0.2, 0.25) is 0 Å². The Bertz CT molecular complexity index is 1230. The predicted molar refractivity (Wildman–Crippen MR) is 137 cm³/mol. The zero-order valence-corrected chi connectivity index (χ0v) is 18.8. The molecule has 2 heterocycles. The predicted octanol–water partition coefficient (Wildman–Crippen LogP) is 8.08. The van der Waals surface area contributed by atoms with Crippen LogP contribution < -0.4 is 0 Å². The van der Waals surface area contributed by atoms with Gasteiger partial charge in [-0.05, 0) is 24.3 Å². The molecule has 4 aromatic carbocycles. The van der Waals surface area contributed by atoms with Crippen molar-refractivity contribution in [3.8, 4) is 0 Å². The van der Waals surface area contributed by atoms with E-state index in [1.165, 1.54) is 50.0 Å². The maximum atomic E-state index is 2.24. The molecular weight excluding hydrogens is 376 g/mol. The Labute approximate surface area is 184 Å². The number of aryl methyl sites for hydroxylation is 2. The summed E-state index contributed by atoms with van der Waals surface area (Å²) in [4.78, 5) is 0. The first kappa shape index (κ1) is 20.7. The average Bonchev–Trinajstić information content (AvgIpc) is 3.28. The van der Waals surface area contributed by atoms with E-state index in [1.807, 2.05) is 0 Å². The van der Waals surface area contributed by atoms with E-state index in [4.69, 9.17) is 0 Å². The maximum absolute atomic E-state index is 2.24. The SMILES string of the molecule is CCC.Cn1c2ccccc2c2ccccc21.Cn1c2ccccc2c2ccccc21. The van der Waals surface area contributed by atoms with Crippen LogP contribution in [0.15, 0.2) is 97.1 Å². The number of hydrogen-bond donors (Lipinski definition) is 0. The molecule has 0 bridgehead atoms. The van der Waals surface area contributed by atoms with Gasteiger partial charge in [-0.25, -0.2) is 0 Å². The maximum Gasteiger partial charge on any atom is 0.0488 e. The summed E-state index contributed by atoms with van der Waals surface area (Å²) in [6.07, 6.45) is 1.25. The topological polar surface area (TPSA) is 9.86 Å². The third kappa shape index (κ3) is 3.82. The molecular formula is C29H30N2. The van der Waals surface area contributed by atoms with Gasteiger partial charge in [-0.15, -0.1) is 0 Å². The highest BCUT2D eigenvalue weighted by atomic mass is 14.9. The van der Waals surface area contributed by atoms with Crippen molar-refractivity contribution < 1.29 is 0 Å². The summed E-state index contributed by atoms with van der Waals surface area (Å²) in [7, 11) is 4.23. The lowest BCUT2D eigenvalue weighted by Crippen LogP contribution is -1.84. The van der Waals surface area contributed by atoms with E-state index in [0.29, 0.717) is 0 Å². The van der Waals surface area contributed by atoms with Gasteiger partial charge in [0.15, 0.2) is 0 Å². The molecule has 0 saturated carbocycles. The molecule has 0 unspecified atom stereocenters. The molecule has 0 atom stereocenters. The van der Waals surface area contributed by atoms with Crippen molar-refractivity contribution in [2.75, 3.05) is 0 Å². The molecule has 0 radical (unpaired) electrons. The molecule has 0 aliphatic heterocycles. The quantitative estimate of drug-likeness (QED) is 0.241. The molecule has 0 amide bonds. The largest absolute Gasteiger partial charge is 0.344 e. The fourth-order valence-corrected chi connectivity index (χ4v) is 4.24. The second kappa shape index (κ2) is 9.09. The van der Waals surface area contributed by atoms with E-state index in [9.17, 15) is 0 Å². The normalized spacial score (nSPS) is 10.7. The van der Waals surface area contributed by atoms with Crippen LogP contribution in [-0.4, -0.2) is 9.13 Å². The van der Waals surface area contributed by atoms with E-state index in [2.05, 4.69) is 134 Å². The third-order valence-electron chi connectivity index (χ3n) is 5.64. The summed E-state index contributed by atoms with van der Waals surface area (Å²) >= 11 is 0. The first-order valence-electron chi connectivity index (χ1n) is 11.0. The third-order valence-corrected chi connectivity index (χ3v) is 5.64. The van der Waals surface area contributed by atoms with Gasteiger partial charge in [-0.1, -0.05) is 93.1 Å². The zero-order valence-electron chi connectivity index (χ0n) is 18.8. The number of hydrogen-bond acceptors (Lipinski definition) is 0. The highest BCUT2D eigenvalue weighted by molar-refractivity contribution is 6.08. The Morgan fingerprint density at radius 1 is 0.419 bits per heavy atom. The molecule has 0 saturated heterocycles. The van der Waals surface area contributed by atoms with Crippen molar-refractivity contribution in [2.24, 2.45) is 14.1 Å².